The molecule has 1 amide bonds. The molecule has 2 aromatic carbocycles. The zero-order valence-electron chi connectivity index (χ0n) is 15.1. The summed E-state index contributed by atoms with van der Waals surface area (Å²) in [4.78, 5) is 11.2. The van der Waals surface area contributed by atoms with Crippen LogP contribution in [-0.4, -0.2) is 28.8 Å². The highest BCUT2D eigenvalue weighted by molar-refractivity contribution is 5.92. The van der Waals surface area contributed by atoms with Crippen molar-refractivity contribution >= 4 is 22.9 Å². The van der Waals surface area contributed by atoms with Gasteiger partial charge in [0.25, 0.3) is 5.91 Å². The fraction of sp³-hybridized carbons (Fsp3) is 0.190. The third kappa shape index (κ3) is 4.83. The van der Waals surface area contributed by atoms with Crippen LogP contribution in [0.4, 0.5) is 0 Å². The lowest BCUT2D eigenvalue weighted by atomic mass is 10.1. The Morgan fingerprint density at radius 2 is 2.00 bits per heavy atom. The minimum absolute atomic E-state index is 0.554. The molecule has 1 heterocycles. The molecule has 0 aliphatic carbocycles. The molecule has 6 nitrogen and oxygen atoms in total. The Labute approximate surface area is 158 Å². The van der Waals surface area contributed by atoms with Crippen LogP contribution in [0.5, 0.6) is 0 Å². The van der Waals surface area contributed by atoms with Crippen LogP contribution < -0.4 is 16.5 Å². The first-order valence-electron chi connectivity index (χ1n) is 8.90. The molecule has 3 rings (SSSR count). The van der Waals surface area contributed by atoms with Gasteiger partial charge in [0, 0.05) is 49.4 Å². The standard InChI is InChI=1S/C21H24N4O2/c22-10-11-23-13-18-15-25(14-17-4-2-1-3-5-17)20-8-6-16(12-19(18)20)7-9-21(26)24-27/h1-9,12,15,23,27H,10-11,13-14,22H2,(H,24,26)/b9-7+. The van der Waals surface area contributed by atoms with Gasteiger partial charge >= 0.3 is 0 Å². The van der Waals surface area contributed by atoms with Gasteiger partial charge in [0.15, 0.2) is 0 Å². The van der Waals surface area contributed by atoms with Crippen molar-refractivity contribution in [2.75, 3.05) is 13.1 Å². The van der Waals surface area contributed by atoms with E-state index in [0.29, 0.717) is 6.54 Å². The number of nitrogens with one attached hydrogen (secondary N) is 2. The van der Waals surface area contributed by atoms with Crippen molar-refractivity contribution in [1.82, 2.24) is 15.4 Å². The molecule has 3 aromatic rings. The van der Waals surface area contributed by atoms with Crippen LogP contribution in [-0.2, 0) is 17.9 Å². The Bertz CT molecular complexity index is 932. The fourth-order valence-corrected chi connectivity index (χ4v) is 3.08. The van der Waals surface area contributed by atoms with E-state index in [1.807, 2.05) is 24.3 Å². The molecule has 0 bridgehead atoms. The minimum atomic E-state index is -0.554. The fourth-order valence-electron chi connectivity index (χ4n) is 3.08. The van der Waals surface area contributed by atoms with Crippen LogP contribution in [0.25, 0.3) is 17.0 Å². The van der Waals surface area contributed by atoms with Crippen LogP contribution >= 0.6 is 0 Å². The average Bonchev–Trinajstić information content (AvgIpc) is 3.04. The monoisotopic (exact) mass is 364 g/mol. The van der Waals surface area contributed by atoms with Gasteiger partial charge in [-0.05, 0) is 34.9 Å². The molecule has 0 aliphatic heterocycles. The van der Waals surface area contributed by atoms with Crippen LogP contribution in [0.2, 0.25) is 0 Å². The number of amides is 1. The summed E-state index contributed by atoms with van der Waals surface area (Å²) in [5.74, 6) is -0.554. The lowest BCUT2D eigenvalue weighted by Gasteiger charge is -2.06. The van der Waals surface area contributed by atoms with Crippen molar-refractivity contribution < 1.29 is 10.0 Å². The maximum Gasteiger partial charge on any atom is 0.267 e. The van der Waals surface area contributed by atoms with Crippen LogP contribution in [0.3, 0.4) is 0 Å². The van der Waals surface area contributed by atoms with Crippen molar-refractivity contribution in [3.8, 4) is 0 Å². The maximum absolute atomic E-state index is 11.2. The molecule has 1 aromatic heterocycles. The molecule has 0 fully saturated rings. The Hall–Kier alpha value is -2.93. The number of fused-ring (bicyclic) bond motifs is 1. The Morgan fingerprint density at radius 3 is 2.74 bits per heavy atom. The van der Waals surface area contributed by atoms with Gasteiger partial charge in [0.05, 0.1) is 0 Å². The first-order valence-corrected chi connectivity index (χ1v) is 8.90. The van der Waals surface area contributed by atoms with E-state index < -0.39 is 5.91 Å². The van der Waals surface area contributed by atoms with Crippen LogP contribution in [0.1, 0.15) is 16.7 Å². The first-order chi connectivity index (χ1) is 13.2. The topological polar surface area (TPSA) is 92.3 Å². The minimum Gasteiger partial charge on any atom is -0.343 e. The summed E-state index contributed by atoms with van der Waals surface area (Å²) < 4.78 is 2.23. The number of carbonyl (C=O) groups excluding carboxylic acids is 1. The van der Waals surface area contributed by atoms with E-state index in [4.69, 9.17) is 10.9 Å². The smallest absolute Gasteiger partial charge is 0.267 e. The normalized spacial score (nSPS) is 11.3. The van der Waals surface area contributed by atoms with Gasteiger partial charge < -0.3 is 15.6 Å². The molecule has 140 valence electrons. The number of nitrogens with zero attached hydrogens (tertiary/aromatic N) is 1. The zero-order valence-corrected chi connectivity index (χ0v) is 15.1. The second-order valence-corrected chi connectivity index (χ2v) is 6.32. The summed E-state index contributed by atoms with van der Waals surface area (Å²) in [5.41, 5.74) is 11.6. The number of benzene rings is 2. The maximum atomic E-state index is 11.2. The number of aromatic nitrogens is 1. The van der Waals surface area contributed by atoms with Crippen LogP contribution in [0, 0.1) is 0 Å². The summed E-state index contributed by atoms with van der Waals surface area (Å²) in [7, 11) is 0. The Kier molecular flexibility index (Phi) is 6.38. The summed E-state index contributed by atoms with van der Waals surface area (Å²) in [6.45, 7) is 2.85. The number of hydroxylamine groups is 1. The highest BCUT2D eigenvalue weighted by Crippen LogP contribution is 2.24. The number of nitrogens with two attached hydrogens (primary N) is 1. The van der Waals surface area contributed by atoms with Gasteiger partial charge in [-0.15, -0.1) is 0 Å². The molecule has 0 unspecified atom stereocenters. The largest absolute Gasteiger partial charge is 0.343 e. The molecule has 0 atom stereocenters. The van der Waals surface area contributed by atoms with Crippen molar-refractivity contribution in [2.45, 2.75) is 13.1 Å². The third-order valence-corrected chi connectivity index (χ3v) is 4.36. The van der Waals surface area contributed by atoms with Gasteiger partial charge in [0.2, 0.25) is 0 Å². The second kappa shape index (κ2) is 9.14. The van der Waals surface area contributed by atoms with E-state index >= 15 is 0 Å². The van der Waals surface area contributed by atoms with E-state index in [2.05, 4.69) is 40.3 Å². The van der Waals surface area contributed by atoms with Gasteiger partial charge in [-0.3, -0.25) is 10.0 Å². The second-order valence-electron chi connectivity index (χ2n) is 6.32. The molecular formula is C21H24N4O2. The Balaban J connectivity index is 1.95. The van der Waals surface area contributed by atoms with Crippen molar-refractivity contribution in [1.29, 1.82) is 0 Å². The van der Waals surface area contributed by atoms with E-state index in [0.717, 1.165) is 36.1 Å². The number of hydrogen-bond acceptors (Lipinski definition) is 4. The molecule has 0 spiro atoms. The summed E-state index contributed by atoms with van der Waals surface area (Å²) in [6, 6.07) is 16.4. The summed E-state index contributed by atoms with van der Waals surface area (Å²) in [5, 5.41) is 13.1. The van der Waals surface area contributed by atoms with Crippen molar-refractivity contribution in [3.05, 3.63) is 77.5 Å². The number of carbonyl (C=O) groups is 1. The van der Waals surface area contributed by atoms with Crippen molar-refractivity contribution in [2.24, 2.45) is 5.73 Å². The quantitative estimate of drug-likeness (QED) is 0.213. The lowest BCUT2D eigenvalue weighted by Crippen LogP contribution is -2.21. The molecular weight excluding hydrogens is 340 g/mol. The molecule has 0 saturated carbocycles. The van der Waals surface area contributed by atoms with Crippen molar-refractivity contribution in [3.63, 3.8) is 0 Å². The van der Waals surface area contributed by atoms with Gasteiger partial charge in [-0.2, -0.15) is 0 Å². The summed E-state index contributed by atoms with van der Waals surface area (Å²) >= 11 is 0. The molecule has 6 heteroatoms. The van der Waals surface area contributed by atoms with E-state index in [9.17, 15) is 4.79 Å². The molecule has 5 N–H and O–H groups in total. The van der Waals surface area contributed by atoms with E-state index in [1.165, 1.54) is 17.2 Å². The predicted octanol–water partition coefficient (Wildman–Crippen LogP) is 2.26. The van der Waals surface area contributed by atoms with Crippen LogP contribution in [0.15, 0.2) is 60.8 Å². The highest BCUT2D eigenvalue weighted by Gasteiger charge is 2.09. The SMILES string of the molecule is NCCNCc1cn(Cc2ccccc2)c2ccc(/C=C/C(=O)NO)cc12. The molecule has 0 saturated heterocycles. The third-order valence-electron chi connectivity index (χ3n) is 4.36. The van der Waals surface area contributed by atoms with E-state index in [1.54, 1.807) is 11.6 Å². The molecule has 0 radical (unpaired) electrons. The number of rotatable bonds is 8. The van der Waals surface area contributed by atoms with Gasteiger partial charge in [0.1, 0.15) is 0 Å². The first kappa shape index (κ1) is 18.8. The number of hydrogen-bond donors (Lipinski definition) is 4. The predicted molar refractivity (Wildman–Crippen MR) is 107 cm³/mol. The molecule has 0 aliphatic rings. The Morgan fingerprint density at radius 1 is 1.19 bits per heavy atom. The summed E-state index contributed by atoms with van der Waals surface area (Å²) in [6.07, 6.45) is 5.14. The van der Waals surface area contributed by atoms with E-state index in [-0.39, 0.29) is 0 Å². The average molecular weight is 364 g/mol. The van der Waals surface area contributed by atoms with Gasteiger partial charge in [-0.25, -0.2) is 5.48 Å². The van der Waals surface area contributed by atoms with Gasteiger partial charge in [-0.1, -0.05) is 36.4 Å². The zero-order chi connectivity index (χ0) is 19.1. The lowest BCUT2D eigenvalue weighted by molar-refractivity contribution is -0.124. The highest BCUT2D eigenvalue weighted by atomic mass is 16.5. The molecule has 27 heavy (non-hydrogen) atoms.